The van der Waals surface area contributed by atoms with Crippen molar-refractivity contribution in [3.63, 3.8) is 0 Å². The first-order valence-corrected chi connectivity index (χ1v) is 11.7. The van der Waals surface area contributed by atoms with Crippen LogP contribution in [0.15, 0.2) is 46.4 Å². The summed E-state index contributed by atoms with van der Waals surface area (Å²) in [5.41, 5.74) is 19.6. The van der Waals surface area contributed by atoms with Gasteiger partial charge in [-0.3, -0.25) is 0 Å². The summed E-state index contributed by atoms with van der Waals surface area (Å²) in [5, 5.41) is 2.74. The zero-order valence-electron chi connectivity index (χ0n) is 23.6. The number of primary amides is 1. The number of carbonyl (C=O) groups is 2. The minimum absolute atomic E-state index is 0.0186. The van der Waals surface area contributed by atoms with Gasteiger partial charge in [0.2, 0.25) is 11.9 Å². The van der Waals surface area contributed by atoms with E-state index in [-0.39, 0.29) is 17.5 Å². The van der Waals surface area contributed by atoms with Gasteiger partial charge in [0.15, 0.2) is 0 Å². The summed E-state index contributed by atoms with van der Waals surface area (Å²) in [7, 11) is 6.58. The Morgan fingerprint density at radius 3 is 1.53 bits per heavy atom. The van der Waals surface area contributed by atoms with Gasteiger partial charge < -0.3 is 41.8 Å². The van der Waals surface area contributed by atoms with Crippen molar-refractivity contribution in [3.05, 3.63) is 47.5 Å². The van der Waals surface area contributed by atoms with Gasteiger partial charge >= 0.3 is 12.1 Å². The number of aliphatic imine (C=N–C) groups is 2. The standard InChI is InChI=1S/C15H24N4O2.C11H16N4O2/c1-10-8-7-9-11(21-6)12(10)19(5)13(16)17-14(20)18-15(2,3)4;1-7-5-4-6-8(17-3)9(7)15(2)10(12)14-11(13)16/h7-9H,1-6H3,(H3,16,17,18,20);4-6H,1-3H3,(H4,12,13,14,16). The van der Waals surface area contributed by atoms with Gasteiger partial charge in [-0.2, -0.15) is 9.98 Å². The maximum atomic E-state index is 11.8. The molecule has 12 heteroatoms. The van der Waals surface area contributed by atoms with Crippen LogP contribution in [0.2, 0.25) is 0 Å². The number of amides is 4. The molecule has 2 aromatic rings. The third-order valence-electron chi connectivity index (χ3n) is 5.12. The van der Waals surface area contributed by atoms with Gasteiger partial charge in [0.25, 0.3) is 0 Å². The fourth-order valence-corrected chi connectivity index (χ4v) is 3.40. The maximum Gasteiger partial charge on any atom is 0.344 e. The highest BCUT2D eigenvalue weighted by Gasteiger charge is 2.17. The van der Waals surface area contributed by atoms with Crippen LogP contribution >= 0.6 is 0 Å². The molecular formula is C26H40N8O4. The predicted octanol–water partition coefficient (Wildman–Crippen LogP) is 3.10. The lowest BCUT2D eigenvalue weighted by Gasteiger charge is -2.23. The fraction of sp³-hybridized carbons (Fsp3) is 0.385. The third-order valence-corrected chi connectivity index (χ3v) is 5.12. The van der Waals surface area contributed by atoms with Crippen molar-refractivity contribution in [1.82, 2.24) is 5.32 Å². The highest BCUT2D eigenvalue weighted by molar-refractivity contribution is 6.03. The summed E-state index contributed by atoms with van der Waals surface area (Å²) in [4.78, 5) is 33.0. The number of hydrogen-bond acceptors (Lipinski definition) is 4. The third kappa shape index (κ3) is 9.19. The summed E-state index contributed by atoms with van der Waals surface area (Å²) < 4.78 is 10.6. The Morgan fingerprint density at radius 2 is 1.18 bits per heavy atom. The maximum absolute atomic E-state index is 11.8. The van der Waals surface area contributed by atoms with Crippen LogP contribution in [-0.2, 0) is 0 Å². The second kappa shape index (κ2) is 13.7. The summed E-state index contributed by atoms with van der Waals surface area (Å²) in [6.07, 6.45) is 0. The van der Waals surface area contributed by atoms with E-state index in [9.17, 15) is 9.59 Å². The van der Waals surface area contributed by atoms with E-state index in [2.05, 4.69) is 15.3 Å². The number of nitrogens with one attached hydrogen (secondary N) is 1. The van der Waals surface area contributed by atoms with Crippen LogP contribution in [0.5, 0.6) is 11.5 Å². The molecule has 2 rings (SSSR count). The summed E-state index contributed by atoms with van der Waals surface area (Å²) in [6.45, 7) is 9.49. The first kappa shape index (κ1) is 31.5. The predicted molar refractivity (Wildman–Crippen MR) is 153 cm³/mol. The molecule has 0 unspecified atom stereocenters. The molecule has 4 amide bonds. The largest absolute Gasteiger partial charge is 0.495 e. The van der Waals surface area contributed by atoms with Crippen LogP contribution in [0.3, 0.4) is 0 Å². The van der Waals surface area contributed by atoms with Crippen LogP contribution in [0.1, 0.15) is 31.9 Å². The lowest BCUT2D eigenvalue weighted by atomic mass is 10.1. The van der Waals surface area contributed by atoms with E-state index in [1.165, 1.54) is 0 Å². The second-order valence-corrected chi connectivity index (χ2v) is 9.33. The lowest BCUT2D eigenvalue weighted by molar-refractivity contribution is 0.240. The van der Waals surface area contributed by atoms with Crippen molar-refractivity contribution >= 4 is 35.4 Å². The molecule has 12 nitrogen and oxygen atoms in total. The van der Waals surface area contributed by atoms with Crippen LogP contribution in [0, 0.1) is 13.8 Å². The van der Waals surface area contributed by atoms with Crippen molar-refractivity contribution in [2.75, 3.05) is 38.1 Å². The van der Waals surface area contributed by atoms with Crippen molar-refractivity contribution in [2.45, 2.75) is 40.2 Å². The van der Waals surface area contributed by atoms with E-state index in [4.69, 9.17) is 26.7 Å². The van der Waals surface area contributed by atoms with Gasteiger partial charge in [-0.1, -0.05) is 24.3 Å². The average molecular weight is 529 g/mol. The number of benzene rings is 2. The minimum Gasteiger partial charge on any atom is -0.495 e. The number of guanidine groups is 2. The van der Waals surface area contributed by atoms with E-state index in [1.807, 2.05) is 65.0 Å². The quantitative estimate of drug-likeness (QED) is 0.346. The molecule has 0 atom stereocenters. The van der Waals surface area contributed by atoms with Gasteiger partial charge in [0.1, 0.15) is 11.5 Å². The molecule has 0 fully saturated rings. The topological polar surface area (TPSA) is 174 Å². The highest BCUT2D eigenvalue weighted by atomic mass is 16.5. The van der Waals surface area contributed by atoms with Gasteiger partial charge in [0, 0.05) is 19.6 Å². The number of nitrogens with two attached hydrogens (primary N) is 3. The van der Waals surface area contributed by atoms with Crippen LogP contribution in [0.4, 0.5) is 21.0 Å². The molecule has 0 heterocycles. The Hall–Kier alpha value is -4.48. The Morgan fingerprint density at radius 1 is 0.789 bits per heavy atom. The molecule has 0 aliphatic heterocycles. The first-order chi connectivity index (χ1) is 17.6. The fourth-order valence-electron chi connectivity index (χ4n) is 3.40. The summed E-state index contributed by atoms with van der Waals surface area (Å²) >= 11 is 0. The zero-order chi connectivity index (χ0) is 29.2. The van der Waals surface area contributed by atoms with Gasteiger partial charge in [-0.15, -0.1) is 0 Å². The molecular weight excluding hydrogens is 488 g/mol. The number of carbonyl (C=O) groups excluding carboxylic acids is 2. The Bertz CT molecular complexity index is 1190. The monoisotopic (exact) mass is 528 g/mol. The summed E-state index contributed by atoms with van der Waals surface area (Å²) in [5.74, 6) is 1.44. The molecule has 0 saturated heterocycles. The number of urea groups is 2. The number of ether oxygens (including phenoxy) is 2. The number of rotatable bonds is 4. The zero-order valence-corrected chi connectivity index (χ0v) is 23.6. The SMILES string of the molecule is COc1cccc(C)c1N(C)/C(N)=N\C(=O)NC(C)(C)C.COc1cccc(C)c1N(C)/C(N)=N\C(N)=O. The van der Waals surface area contributed by atoms with Crippen molar-refractivity contribution in [2.24, 2.45) is 27.2 Å². The molecule has 38 heavy (non-hydrogen) atoms. The van der Waals surface area contributed by atoms with Gasteiger partial charge in [-0.05, 0) is 57.9 Å². The first-order valence-electron chi connectivity index (χ1n) is 11.7. The molecule has 0 aliphatic rings. The van der Waals surface area contributed by atoms with E-state index in [0.717, 1.165) is 22.5 Å². The van der Waals surface area contributed by atoms with Gasteiger partial charge in [-0.25, -0.2) is 9.59 Å². The molecule has 0 radical (unpaired) electrons. The molecule has 0 spiro atoms. The van der Waals surface area contributed by atoms with Crippen LogP contribution in [-0.4, -0.2) is 57.8 Å². The molecule has 0 aliphatic carbocycles. The van der Waals surface area contributed by atoms with Crippen molar-refractivity contribution in [1.29, 1.82) is 0 Å². The Kier molecular flexibility index (Phi) is 11.4. The van der Waals surface area contributed by atoms with Crippen molar-refractivity contribution < 1.29 is 19.1 Å². The van der Waals surface area contributed by atoms with E-state index in [0.29, 0.717) is 11.5 Å². The molecule has 0 aromatic heterocycles. The van der Waals surface area contributed by atoms with E-state index in [1.54, 1.807) is 44.2 Å². The Balaban J connectivity index is 0.000000389. The molecule has 7 N–H and O–H groups in total. The normalized spacial score (nSPS) is 11.6. The van der Waals surface area contributed by atoms with Gasteiger partial charge in [0.05, 0.1) is 25.6 Å². The van der Waals surface area contributed by atoms with E-state index >= 15 is 0 Å². The lowest BCUT2D eigenvalue weighted by Crippen LogP contribution is -2.42. The van der Waals surface area contributed by atoms with Crippen molar-refractivity contribution in [3.8, 4) is 11.5 Å². The van der Waals surface area contributed by atoms with E-state index < -0.39 is 12.1 Å². The number of aryl methyl sites for hydroxylation is 2. The molecule has 0 saturated carbocycles. The highest BCUT2D eigenvalue weighted by Crippen LogP contribution is 2.31. The minimum atomic E-state index is -0.832. The second-order valence-electron chi connectivity index (χ2n) is 9.33. The summed E-state index contributed by atoms with van der Waals surface area (Å²) in [6, 6.07) is 9.94. The number of nitrogens with zero attached hydrogens (tertiary/aromatic N) is 4. The van der Waals surface area contributed by atoms with Crippen LogP contribution < -0.4 is 41.8 Å². The number of para-hydroxylation sites is 2. The Labute approximate surface area is 224 Å². The molecule has 0 bridgehead atoms. The smallest absolute Gasteiger partial charge is 0.344 e. The molecule has 208 valence electrons. The number of hydrogen-bond donors (Lipinski definition) is 4. The number of methoxy groups -OCH3 is 2. The number of anilines is 2. The average Bonchev–Trinajstić information content (AvgIpc) is 2.81. The molecule has 2 aromatic carbocycles. The van der Waals surface area contributed by atoms with Crippen LogP contribution in [0.25, 0.3) is 0 Å².